The standard InChI is InChI=1S/C9H12O.C9H12.H2O2/c1-9(2,10)8-6-4-3-5-7-8;1-8(2)9-6-4-3-5-7-9;1-2/h3-7,10H,1-2H3;3-8H,1-2H3;1-2H. The van der Waals surface area contributed by atoms with E-state index < -0.39 is 5.60 Å². The lowest BCUT2D eigenvalue weighted by molar-refractivity contribution is -0.176. The Morgan fingerprint density at radius 2 is 1.14 bits per heavy atom. The molecule has 0 radical (unpaired) electrons. The SMILES string of the molecule is CC(C)(O)c1ccccc1.CC(C)c1ccccc1.OO. The second kappa shape index (κ2) is 10.1. The summed E-state index contributed by atoms with van der Waals surface area (Å²) in [5.41, 5.74) is 1.66. The van der Waals surface area contributed by atoms with Crippen LogP contribution in [0.3, 0.4) is 0 Å². The van der Waals surface area contributed by atoms with Crippen molar-refractivity contribution in [1.29, 1.82) is 0 Å². The quantitative estimate of drug-likeness (QED) is 0.553. The van der Waals surface area contributed by atoms with Crippen molar-refractivity contribution in [2.75, 3.05) is 0 Å². The van der Waals surface area contributed by atoms with E-state index in [9.17, 15) is 5.11 Å². The van der Waals surface area contributed by atoms with Crippen LogP contribution in [0, 0.1) is 0 Å². The van der Waals surface area contributed by atoms with Gasteiger partial charge < -0.3 is 5.11 Å². The van der Waals surface area contributed by atoms with Gasteiger partial charge in [0.2, 0.25) is 0 Å². The van der Waals surface area contributed by atoms with Gasteiger partial charge in [-0.3, -0.25) is 10.5 Å². The van der Waals surface area contributed by atoms with Crippen molar-refractivity contribution in [2.24, 2.45) is 0 Å². The summed E-state index contributed by atoms with van der Waals surface area (Å²) in [6.07, 6.45) is 0. The maximum absolute atomic E-state index is 9.49. The van der Waals surface area contributed by atoms with E-state index in [1.165, 1.54) is 5.56 Å². The molecule has 2 aromatic rings. The summed E-state index contributed by atoms with van der Waals surface area (Å²) in [4.78, 5) is 0. The Hall–Kier alpha value is -1.68. The molecule has 0 aliphatic rings. The van der Waals surface area contributed by atoms with Gasteiger partial charge in [0.15, 0.2) is 0 Å². The van der Waals surface area contributed by atoms with E-state index in [2.05, 4.69) is 38.1 Å². The largest absolute Gasteiger partial charge is 0.386 e. The molecule has 0 aromatic heterocycles. The molecule has 0 saturated carbocycles. The zero-order valence-electron chi connectivity index (χ0n) is 13.2. The number of benzene rings is 2. The number of aliphatic hydroxyl groups is 1. The van der Waals surface area contributed by atoms with Crippen molar-refractivity contribution < 1.29 is 15.6 Å². The predicted molar refractivity (Wildman–Crippen MR) is 87.5 cm³/mol. The van der Waals surface area contributed by atoms with Crippen LogP contribution in [0.1, 0.15) is 44.7 Å². The fraction of sp³-hybridized carbons (Fsp3) is 0.333. The molecule has 0 heterocycles. The Morgan fingerprint density at radius 1 is 0.762 bits per heavy atom. The lowest BCUT2D eigenvalue weighted by Gasteiger charge is -2.16. The molecule has 0 amide bonds. The minimum Gasteiger partial charge on any atom is -0.386 e. The van der Waals surface area contributed by atoms with Crippen molar-refractivity contribution in [3.05, 3.63) is 71.8 Å². The van der Waals surface area contributed by atoms with Gasteiger partial charge in [0, 0.05) is 0 Å². The van der Waals surface area contributed by atoms with Gasteiger partial charge in [0.1, 0.15) is 0 Å². The Balaban J connectivity index is 0.000000342. The van der Waals surface area contributed by atoms with Crippen LogP contribution in [0.25, 0.3) is 0 Å². The van der Waals surface area contributed by atoms with Gasteiger partial charge >= 0.3 is 0 Å². The second-order valence-corrected chi connectivity index (χ2v) is 5.49. The van der Waals surface area contributed by atoms with Gasteiger partial charge in [0.25, 0.3) is 0 Å². The van der Waals surface area contributed by atoms with E-state index in [1.54, 1.807) is 13.8 Å². The Kier molecular flexibility index (Phi) is 9.30. The highest BCUT2D eigenvalue weighted by Crippen LogP contribution is 2.17. The summed E-state index contributed by atoms with van der Waals surface area (Å²) >= 11 is 0. The van der Waals surface area contributed by atoms with Gasteiger partial charge in [-0.05, 0) is 30.9 Å². The molecule has 0 atom stereocenters. The second-order valence-electron chi connectivity index (χ2n) is 5.49. The fourth-order valence-corrected chi connectivity index (χ4v) is 1.68. The molecule has 0 unspecified atom stereocenters. The van der Waals surface area contributed by atoms with Gasteiger partial charge in [-0.2, -0.15) is 0 Å². The van der Waals surface area contributed by atoms with E-state index in [1.807, 2.05) is 36.4 Å². The third-order valence-electron chi connectivity index (χ3n) is 2.95. The minimum atomic E-state index is -0.707. The molecule has 0 saturated heterocycles. The zero-order chi connectivity index (χ0) is 16.3. The zero-order valence-corrected chi connectivity index (χ0v) is 13.2. The first-order valence-corrected chi connectivity index (χ1v) is 6.94. The Bertz CT molecular complexity index is 459. The van der Waals surface area contributed by atoms with Gasteiger partial charge in [-0.15, -0.1) is 0 Å². The van der Waals surface area contributed by atoms with E-state index >= 15 is 0 Å². The van der Waals surface area contributed by atoms with Crippen LogP contribution in [-0.4, -0.2) is 15.6 Å². The van der Waals surface area contributed by atoms with Crippen LogP contribution in [0.5, 0.6) is 0 Å². The summed E-state index contributed by atoms with van der Waals surface area (Å²) < 4.78 is 0. The molecular weight excluding hydrogens is 264 g/mol. The topological polar surface area (TPSA) is 60.7 Å². The highest BCUT2D eigenvalue weighted by Gasteiger charge is 2.13. The maximum Gasteiger partial charge on any atom is 0.0840 e. The summed E-state index contributed by atoms with van der Waals surface area (Å²) in [6, 6.07) is 20.1. The molecule has 0 aliphatic heterocycles. The predicted octanol–water partition coefficient (Wildman–Crippen LogP) is 4.74. The van der Waals surface area contributed by atoms with Crippen LogP contribution in [-0.2, 0) is 5.60 Å². The summed E-state index contributed by atoms with van der Waals surface area (Å²) in [6.45, 7) is 7.97. The van der Waals surface area contributed by atoms with E-state index in [4.69, 9.17) is 10.5 Å². The maximum atomic E-state index is 9.49. The van der Waals surface area contributed by atoms with Crippen LogP contribution in [0.15, 0.2) is 60.7 Å². The third kappa shape index (κ3) is 8.25. The van der Waals surface area contributed by atoms with Crippen molar-refractivity contribution in [1.82, 2.24) is 0 Å². The van der Waals surface area contributed by atoms with Crippen molar-refractivity contribution in [3.8, 4) is 0 Å². The van der Waals surface area contributed by atoms with Gasteiger partial charge in [-0.1, -0.05) is 74.5 Å². The molecule has 116 valence electrons. The lowest BCUT2D eigenvalue weighted by Crippen LogP contribution is -2.14. The van der Waals surface area contributed by atoms with E-state index in [-0.39, 0.29) is 0 Å². The normalized spacial score (nSPS) is 10.1. The molecular formula is C18H26O3. The van der Waals surface area contributed by atoms with Crippen molar-refractivity contribution in [2.45, 2.75) is 39.2 Å². The Labute approximate surface area is 127 Å². The van der Waals surface area contributed by atoms with Crippen molar-refractivity contribution in [3.63, 3.8) is 0 Å². The van der Waals surface area contributed by atoms with Crippen LogP contribution >= 0.6 is 0 Å². The third-order valence-corrected chi connectivity index (χ3v) is 2.95. The average molecular weight is 290 g/mol. The molecule has 0 aliphatic carbocycles. The molecule has 2 aromatic carbocycles. The molecule has 0 fully saturated rings. The average Bonchev–Trinajstić information content (AvgIpc) is 2.51. The minimum absolute atomic E-state index is 0.659. The molecule has 3 N–H and O–H groups in total. The molecule has 0 spiro atoms. The number of hydrogen-bond donors (Lipinski definition) is 3. The van der Waals surface area contributed by atoms with E-state index in [0.29, 0.717) is 5.92 Å². The first-order valence-electron chi connectivity index (χ1n) is 6.94. The number of hydrogen-bond acceptors (Lipinski definition) is 3. The summed E-state index contributed by atoms with van der Waals surface area (Å²) in [5, 5.41) is 21.5. The smallest absolute Gasteiger partial charge is 0.0840 e. The highest BCUT2D eigenvalue weighted by atomic mass is 17.0. The number of rotatable bonds is 2. The monoisotopic (exact) mass is 290 g/mol. The first-order chi connectivity index (χ1) is 9.91. The van der Waals surface area contributed by atoms with Crippen LogP contribution in [0.4, 0.5) is 0 Å². The van der Waals surface area contributed by atoms with Crippen molar-refractivity contribution >= 4 is 0 Å². The lowest BCUT2D eigenvalue weighted by atomic mass is 9.99. The molecule has 2 rings (SSSR count). The summed E-state index contributed by atoms with van der Waals surface area (Å²) in [7, 11) is 0. The van der Waals surface area contributed by atoms with Gasteiger partial charge in [0.05, 0.1) is 5.60 Å². The van der Waals surface area contributed by atoms with Crippen LogP contribution in [0.2, 0.25) is 0 Å². The molecule has 0 bridgehead atoms. The molecule has 3 nitrogen and oxygen atoms in total. The molecule has 21 heavy (non-hydrogen) atoms. The summed E-state index contributed by atoms with van der Waals surface area (Å²) in [5.74, 6) is 0.659. The highest BCUT2D eigenvalue weighted by molar-refractivity contribution is 5.20. The van der Waals surface area contributed by atoms with Gasteiger partial charge in [-0.25, -0.2) is 0 Å². The molecule has 3 heteroatoms. The van der Waals surface area contributed by atoms with Crippen LogP contribution < -0.4 is 0 Å². The first kappa shape index (κ1) is 19.3. The fourth-order valence-electron chi connectivity index (χ4n) is 1.68. The van der Waals surface area contributed by atoms with E-state index in [0.717, 1.165) is 5.56 Å². The Morgan fingerprint density at radius 3 is 1.38 bits per heavy atom.